The number of carbonyl (C=O) groups excluding carboxylic acids is 11. The molecule has 1 aliphatic heterocycles. The highest BCUT2D eigenvalue weighted by molar-refractivity contribution is 7.53. The van der Waals surface area contributed by atoms with Gasteiger partial charge < -0.3 is 74.5 Å². The number of nitrogens with zero attached hydrogens (tertiary/aromatic N) is 7. The van der Waals surface area contributed by atoms with Crippen LogP contribution >= 0.6 is 7.60 Å². The fourth-order valence-corrected chi connectivity index (χ4v) is 13.4. The summed E-state index contributed by atoms with van der Waals surface area (Å²) in [5.41, 5.74) is 0.722. The lowest BCUT2D eigenvalue weighted by molar-refractivity contribution is -0.157. The van der Waals surface area contributed by atoms with Gasteiger partial charge in [-0.1, -0.05) is 121 Å². The number of nitrogens with one attached hydrogen (secondary N) is 4. The Hall–Kier alpha value is -6.96. The van der Waals surface area contributed by atoms with Crippen LogP contribution < -0.4 is 26.0 Å². The molecule has 100 heavy (non-hydrogen) atoms. The normalized spacial score (nSPS) is 24.8. The summed E-state index contributed by atoms with van der Waals surface area (Å²) >= 11 is 0. The molecular weight excluding hydrogens is 1310 g/mol. The zero-order chi connectivity index (χ0) is 76.7. The van der Waals surface area contributed by atoms with E-state index >= 15 is 19.2 Å². The predicted molar refractivity (Wildman–Crippen MR) is 385 cm³/mol. The van der Waals surface area contributed by atoms with E-state index in [4.69, 9.17) is 13.8 Å². The molecule has 11 amide bonds. The molecular formula is C72H124N11O16P. The molecule has 0 spiro atoms. The lowest BCUT2D eigenvalue weighted by Crippen LogP contribution is -2.63. The fraction of sp³-hybridized carbons (Fsp3) is 0.736. The van der Waals surface area contributed by atoms with Gasteiger partial charge in [-0.2, -0.15) is 0 Å². The van der Waals surface area contributed by atoms with Gasteiger partial charge in [0.25, 0.3) is 0 Å². The monoisotopic (exact) mass is 1430 g/mol. The van der Waals surface area contributed by atoms with Gasteiger partial charge >= 0.3 is 7.60 Å². The van der Waals surface area contributed by atoms with Crippen molar-refractivity contribution < 1.29 is 76.2 Å². The highest BCUT2D eigenvalue weighted by atomic mass is 31.2. The Morgan fingerprint density at radius 3 is 1.41 bits per heavy atom. The molecule has 2 rings (SSSR count). The van der Waals surface area contributed by atoms with E-state index in [0.29, 0.717) is 5.75 Å². The standard InChI is InChI=1S/C72H124N11O16P/c1-26-53-68(91)77(19)40-58(84)78(20)54(36-42(4)5)65(88)76-59(46(12)13)71(94)79(21)55(37-43(6)7)64(87)73-49(17)63(86)74-50(18)67(90)80(22)56(38-44(8)9)69(92)81(23)57(39-45(10)11)70(93)82(24)60(47(14)15)72(95)83(25)61(66(89)75-53)62(85)48(16)30-29-31-51-32-34-52(35-33-51)97-41-100(96,98-27-2)99-28-3/h29,31-35,42-50,53-57,59-62,85H,26-28,30,36-41H2,1-25H3,(H,73,87)(H,74,86)(H,75,89)(H,76,88)/b31-29+/t48-,49+,50-,53+,54+,55+,56+,57+,59+,60+,61+,62-/m1/s1. The van der Waals surface area contributed by atoms with Gasteiger partial charge in [0.2, 0.25) is 65.0 Å². The Morgan fingerprint density at radius 2 is 0.940 bits per heavy atom. The van der Waals surface area contributed by atoms with Gasteiger partial charge in [0.1, 0.15) is 66.2 Å². The van der Waals surface area contributed by atoms with Crippen molar-refractivity contribution in [3.8, 4) is 5.75 Å². The van der Waals surface area contributed by atoms with Crippen molar-refractivity contribution >= 4 is 78.7 Å². The zero-order valence-electron chi connectivity index (χ0n) is 64.6. The van der Waals surface area contributed by atoms with Crippen LogP contribution in [-0.4, -0.2) is 246 Å². The molecule has 1 aromatic carbocycles. The fourth-order valence-electron chi connectivity index (χ4n) is 12.1. The molecule has 1 aromatic rings. The van der Waals surface area contributed by atoms with Crippen LogP contribution in [0.15, 0.2) is 30.3 Å². The second-order valence-corrected chi connectivity index (χ2v) is 31.2. The number of likely N-dealkylation sites (N-methyl/N-ethyl adjacent to an activating group) is 7. The first kappa shape index (κ1) is 89.1. The second kappa shape index (κ2) is 41.2. The van der Waals surface area contributed by atoms with Crippen molar-refractivity contribution in [3.63, 3.8) is 0 Å². The van der Waals surface area contributed by atoms with Crippen LogP contribution in [0.1, 0.15) is 169 Å². The third kappa shape index (κ3) is 25.8. The van der Waals surface area contributed by atoms with Crippen molar-refractivity contribution in [2.24, 2.45) is 41.4 Å². The number of allylic oxidation sites excluding steroid dienone is 1. The Balaban J connectivity index is 2.97. The molecule has 1 fully saturated rings. The second-order valence-electron chi connectivity index (χ2n) is 29.2. The predicted octanol–water partition coefficient (Wildman–Crippen LogP) is 6.01. The van der Waals surface area contributed by atoms with E-state index in [9.17, 15) is 43.2 Å². The van der Waals surface area contributed by atoms with Crippen LogP contribution in [0.5, 0.6) is 5.75 Å². The van der Waals surface area contributed by atoms with Gasteiger partial charge in [0.15, 0.2) is 6.35 Å². The first-order valence-corrected chi connectivity index (χ1v) is 37.2. The SMILES string of the molecule is CCOP(=O)(COc1ccc(/C=C/C[C@@H](C)[C@@H](O)[C@H]2C(=O)N[C@@H](CC)C(=O)N(C)CC(=O)N(C)[C@@H](CC(C)C)C(=O)N[C@@H](C(C)C)C(=O)N(C)[C@@H](CC(C)C)C(=O)N[C@@H](C)C(=O)N[C@H](C)C(=O)N(C)[C@@H](CC(C)C)C(=O)N(C)[C@@H](CC(C)C)C(=O)N(C)[C@@H](C(C)C)C(=O)N2C)cc1)OCC. The molecule has 568 valence electrons. The molecule has 1 saturated heterocycles. The van der Waals surface area contributed by atoms with E-state index in [1.165, 1.54) is 87.7 Å². The highest BCUT2D eigenvalue weighted by Gasteiger charge is 2.46. The molecule has 0 bridgehead atoms. The van der Waals surface area contributed by atoms with Crippen LogP contribution in [0.3, 0.4) is 0 Å². The number of ether oxygens (including phenoxy) is 1. The van der Waals surface area contributed by atoms with E-state index < -0.39 is 163 Å². The van der Waals surface area contributed by atoms with Crippen molar-refractivity contribution in [2.45, 2.75) is 230 Å². The lowest BCUT2D eigenvalue weighted by atomic mass is 9.91. The van der Waals surface area contributed by atoms with Crippen molar-refractivity contribution in [1.82, 2.24) is 55.6 Å². The first-order chi connectivity index (χ1) is 46.4. The maximum Gasteiger partial charge on any atom is 0.367 e. The average Bonchev–Trinajstić information content (AvgIpc) is 0.801. The summed E-state index contributed by atoms with van der Waals surface area (Å²) in [5.74, 6) is -9.98. The number of amides is 11. The molecule has 0 radical (unpaired) electrons. The molecule has 0 unspecified atom stereocenters. The minimum atomic E-state index is -3.49. The van der Waals surface area contributed by atoms with Crippen LogP contribution in [0.25, 0.3) is 6.08 Å². The Kier molecular flexibility index (Phi) is 36.7. The molecule has 1 aliphatic rings. The maximum absolute atomic E-state index is 15.5. The van der Waals surface area contributed by atoms with Crippen LogP contribution in [-0.2, 0) is 66.4 Å². The van der Waals surface area contributed by atoms with Gasteiger partial charge in [-0.3, -0.25) is 57.3 Å². The number of hydrogen-bond acceptors (Lipinski definition) is 16. The van der Waals surface area contributed by atoms with Gasteiger partial charge in [-0.15, -0.1) is 0 Å². The zero-order valence-corrected chi connectivity index (χ0v) is 65.5. The Labute approximate surface area is 596 Å². The van der Waals surface area contributed by atoms with E-state index in [-0.39, 0.29) is 81.8 Å². The van der Waals surface area contributed by atoms with E-state index in [0.717, 1.165) is 15.4 Å². The average molecular weight is 1430 g/mol. The molecule has 5 N–H and O–H groups in total. The summed E-state index contributed by atoms with van der Waals surface area (Å²) in [4.78, 5) is 171. The summed E-state index contributed by atoms with van der Waals surface area (Å²) < 4.78 is 29.4. The Bertz CT molecular complexity index is 2970. The molecule has 27 nitrogen and oxygen atoms in total. The Morgan fingerprint density at radius 1 is 0.500 bits per heavy atom. The van der Waals surface area contributed by atoms with Gasteiger partial charge in [0.05, 0.1) is 25.9 Å². The lowest BCUT2D eigenvalue weighted by Gasteiger charge is -2.41. The topological polar surface area (TPSA) is 324 Å². The van der Waals surface area contributed by atoms with Crippen molar-refractivity contribution in [3.05, 3.63) is 35.9 Å². The summed E-state index contributed by atoms with van der Waals surface area (Å²) in [5, 5.41) is 23.5. The number of hydrogen-bond donors (Lipinski definition) is 5. The molecule has 1 heterocycles. The van der Waals surface area contributed by atoms with Gasteiger partial charge in [0, 0.05) is 49.3 Å². The minimum absolute atomic E-state index is 0.0264. The largest absolute Gasteiger partial charge is 0.481 e. The first-order valence-electron chi connectivity index (χ1n) is 35.4. The smallest absolute Gasteiger partial charge is 0.367 e. The van der Waals surface area contributed by atoms with Gasteiger partial charge in [-0.05, 0) is 125 Å². The number of carbonyl (C=O) groups is 11. The third-order valence-corrected chi connectivity index (χ3v) is 19.8. The molecule has 0 aromatic heterocycles. The number of benzene rings is 1. The molecule has 0 saturated carbocycles. The van der Waals surface area contributed by atoms with E-state index in [1.54, 1.807) is 91.8 Å². The third-order valence-electron chi connectivity index (χ3n) is 18.1. The summed E-state index contributed by atoms with van der Waals surface area (Å²) in [6.07, 6.45) is 2.26. The van der Waals surface area contributed by atoms with Crippen LogP contribution in [0.2, 0.25) is 0 Å². The maximum atomic E-state index is 15.5. The van der Waals surface area contributed by atoms with E-state index in [1.807, 2.05) is 55.4 Å². The number of aliphatic hydroxyl groups excluding tert-OH is 1. The molecule has 12 atom stereocenters. The summed E-state index contributed by atoms with van der Waals surface area (Å²) in [7, 11) is 6.33. The van der Waals surface area contributed by atoms with Crippen molar-refractivity contribution in [1.29, 1.82) is 0 Å². The summed E-state index contributed by atoms with van der Waals surface area (Å²) in [6.45, 7) is 31.0. The van der Waals surface area contributed by atoms with Crippen LogP contribution in [0.4, 0.5) is 0 Å². The summed E-state index contributed by atoms with van der Waals surface area (Å²) in [6, 6.07) is -5.92. The van der Waals surface area contributed by atoms with E-state index in [2.05, 4.69) is 21.3 Å². The van der Waals surface area contributed by atoms with Gasteiger partial charge in [-0.25, -0.2) is 0 Å². The quantitative estimate of drug-likeness (QED) is 0.0784. The number of aliphatic hydroxyl groups is 1. The van der Waals surface area contributed by atoms with Crippen LogP contribution in [0, 0.1) is 41.4 Å². The molecule has 0 aliphatic carbocycles. The highest BCUT2D eigenvalue weighted by Crippen LogP contribution is 2.48. The number of rotatable bonds is 23. The van der Waals surface area contributed by atoms with Crippen molar-refractivity contribution in [2.75, 3.05) is 75.4 Å². The molecule has 28 heteroatoms. The minimum Gasteiger partial charge on any atom is -0.481 e.